The van der Waals surface area contributed by atoms with E-state index in [4.69, 9.17) is 4.74 Å². The lowest BCUT2D eigenvalue weighted by Gasteiger charge is -2.27. The van der Waals surface area contributed by atoms with Gasteiger partial charge in [-0.05, 0) is 71.4 Å². The van der Waals surface area contributed by atoms with Crippen LogP contribution in [0.15, 0.2) is 79.4 Å². The summed E-state index contributed by atoms with van der Waals surface area (Å²) in [4.78, 5) is 0. The highest BCUT2D eigenvalue weighted by Gasteiger charge is 2.20. The van der Waals surface area contributed by atoms with Crippen LogP contribution in [0.3, 0.4) is 0 Å². The van der Waals surface area contributed by atoms with Crippen LogP contribution in [0.5, 0.6) is 0 Å². The summed E-state index contributed by atoms with van der Waals surface area (Å²) in [5.41, 5.74) is 5.95. The van der Waals surface area contributed by atoms with Crippen LogP contribution in [0.1, 0.15) is 42.7 Å². The summed E-state index contributed by atoms with van der Waals surface area (Å²) in [6.07, 6.45) is 6.96. The van der Waals surface area contributed by atoms with Gasteiger partial charge in [-0.25, -0.2) is 4.39 Å². The molecule has 1 aliphatic carbocycles. The molecule has 154 valence electrons. The van der Waals surface area contributed by atoms with Crippen molar-refractivity contribution in [3.8, 4) is 22.3 Å². The molecule has 0 heterocycles. The summed E-state index contributed by atoms with van der Waals surface area (Å²) in [6, 6.07) is 22.1. The van der Waals surface area contributed by atoms with E-state index in [1.807, 2.05) is 36.4 Å². The van der Waals surface area contributed by atoms with Crippen LogP contribution >= 0.6 is 0 Å². The molecule has 2 heteroatoms. The molecule has 0 aromatic heterocycles. The van der Waals surface area contributed by atoms with Crippen LogP contribution in [0.25, 0.3) is 22.3 Å². The van der Waals surface area contributed by atoms with E-state index in [0.29, 0.717) is 24.0 Å². The van der Waals surface area contributed by atoms with E-state index in [1.165, 1.54) is 31.2 Å². The molecule has 30 heavy (non-hydrogen) atoms. The SMILES string of the molecule is C=CC1CCC(c2ccc(-c3ccc(-c4ccc(COC)cc4)cc3F)cc2)CC1. The van der Waals surface area contributed by atoms with Gasteiger partial charge in [0.2, 0.25) is 0 Å². The minimum Gasteiger partial charge on any atom is -0.380 e. The predicted octanol–water partition coefficient (Wildman–Crippen LogP) is 7.77. The van der Waals surface area contributed by atoms with Crippen molar-refractivity contribution in [2.24, 2.45) is 5.92 Å². The molecule has 3 aromatic rings. The third-order valence-corrected chi connectivity index (χ3v) is 6.37. The van der Waals surface area contributed by atoms with Gasteiger partial charge in [-0.2, -0.15) is 0 Å². The minimum absolute atomic E-state index is 0.187. The summed E-state index contributed by atoms with van der Waals surface area (Å²) in [7, 11) is 1.68. The van der Waals surface area contributed by atoms with Crippen LogP contribution in [0.4, 0.5) is 4.39 Å². The van der Waals surface area contributed by atoms with Crippen molar-refractivity contribution >= 4 is 0 Å². The molecule has 0 unspecified atom stereocenters. The fraction of sp³-hybridized carbons (Fsp3) is 0.286. The summed E-state index contributed by atoms with van der Waals surface area (Å²) in [5.74, 6) is 1.10. The largest absolute Gasteiger partial charge is 0.380 e. The maximum Gasteiger partial charge on any atom is 0.131 e. The molecular formula is C28H29FO. The molecule has 0 amide bonds. The van der Waals surface area contributed by atoms with Crippen molar-refractivity contribution in [1.29, 1.82) is 0 Å². The zero-order chi connectivity index (χ0) is 20.9. The second-order valence-electron chi connectivity index (χ2n) is 8.29. The van der Waals surface area contributed by atoms with Crippen molar-refractivity contribution in [3.05, 3.63) is 96.3 Å². The fourth-order valence-electron chi connectivity index (χ4n) is 4.51. The van der Waals surface area contributed by atoms with Crippen molar-refractivity contribution in [2.75, 3.05) is 7.11 Å². The van der Waals surface area contributed by atoms with Crippen molar-refractivity contribution < 1.29 is 9.13 Å². The van der Waals surface area contributed by atoms with E-state index in [-0.39, 0.29) is 5.82 Å². The maximum absolute atomic E-state index is 14.9. The molecule has 1 saturated carbocycles. The van der Waals surface area contributed by atoms with E-state index < -0.39 is 0 Å². The number of hydrogen-bond acceptors (Lipinski definition) is 1. The number of benzene rings is 3. The average molecular weight is 401 g/mol. The number of ether oxygens (including phenoxy) is 1. The molecule has 0 saturated heterocycles. The topological polar surface area (TPSA) is 9.23 Å². The lowest BCUT2D eigenvalue weighted by atomic mass is 9.78. The van der Waals surface area contributed by atoms with Gasteiger partial charge < -0.3 is 4.74 Å². The molecule has 3 aromatic carbocycles. The number of rotatable bonds is 6. The van der Waals surface area contributed by atoms with Gasteiger partial charge in [0, 0.05) is 12.7 Å². The molecule has 1 nitrogen and oxygen atoms in total. The maximum atomic E-state index is 14.9. The van der Waals surface area contributed by atoms with Gasteiger partial charge in [0.25, 0.3) is 0 Å². The highest BCUT2D eigenvalue weighted by molar-refractivity contribution is 5.71. The minimum atomic E-state index is -0.187. The molecular weight excluding hydrogens is 371 g/mol. The smallest absolute Gasteiger partial charge is 0.131 e. The average Bonchev–Trinajstić information content (AvgIpc) is 2.80. The van der Waals surface area contributed by atoms with Crippen molar-refractivity contribution in [2.45, 2.75) is 38.2 Å². The summed E-state index contributed by atoms with van der Waals surface area (Å²) in [6.45, 7) is 4.51. The Kier molecular flexibility index (Phi) is 6.44. The first-order valence-corrected chi connectivity index (χ1v) is 10.8. The Labute approximate surface area is 179 Å². The molecule has 0 radical (unpaired) electrons. The van der Waals surface area contributed by atoms with Gasteiger partial charge in [0.15, 0.2) is 0 Å². The molecule has 1 aliphatic rings. The Morgan fingerprint density at radius 3 is 2.10 bits per heavy atom. The molecule has 0 aliphatic heterocycles. The van der Waals surface area contributed by atoms with E-state index >= 15 is 0 Å². The van der Waals surface area contributed by atoms with Crippen molar-refractivity contribution in [3.63, 3.8) is 0 Å². The lowest BCUT2D eigenvalue weighted by Crippen LogP contribution is -2.11. The van der Waals surface area contributed by atoms with Crippen LogP contribution in [0, 0.1) is 11.7 Å². The Morgan fingerprint density at radius 2 is 1.50 bits per heavy atom. The number of methoxy groups -OCH3 is 1. The molecule has 0 spiro atoms. The summed E-state index contributed by atoms with van der Waals surface area (Å²) >= 11 is 0. The lowest BCUT2D eigenvalue weighted by molar-refractivity contribution is 0.185. The molecule has 1 fully saturated rings. The molecule has 0 bridgehead atoms. The summed E-state index contributed by atoms with van der Waals surface area (Å²) in [5, 5.41) is 0. The Morgan fingerprint density at radius 1 is 0.867 bits per heavy atom. The first-order valence-electron chi connectivity index (χ1n) is 10.8. The van der Waals surface area contributed by atoms with Gasteiger partial charge in [0.05, 0.1) is 6.61 Å². The molecule has 0 atom stereocenters. The predicted molar refractivity (Wildman–Crippen MR) is 123 cm³/mol. The highest BCUT2D eigenvalue weighted by Crippen LogP contribution is 2.37. The zero-order valence-electron chi connectivity index (χ0n) is 17.6. The van der Waals surface area contributed by atoms with E-state index in [2.05, 4.69) is 36.9 Å². The summed E-state index contributed by atoms with van der Waals surface area (Å²) < 4.78 is 20.1. The second-order valence-corrected chi connectivity index (χ2v) is 8.29. The van der Waals surface area contributed by atoms with Crippen molar-refractivity contribution in [1.82, 2.24) is 0 Å². The van der Waals surface area contributed by atoms with Gasteiger partial charge in [0.1, 0.15) is 5.82 Å². The number of hydrogen-bond donors (Lipinski definition) is 0. The first-order chi connectivity index (χ1) is 14.7. The number of halogens is 1. The quantitative estimate of drug-likeness (QED) is 0.384. The standard InChI is InChI=1S/C28H29FO/c1-3-20-4-8-22(9-5-20)23-12-14-25(15-13-23)27-17-16-26(18-28(27)29)24-10-6-21(7-11-24)19-30-2/h3,6-7,10-18,20,22H,1,4-5,8-9,19H2,2H3. The Bertz CT molecular complexity index is 980. The van der Waals surface area contributed by atoms with Gasteiger partial charge in [-0.3, -0.25) is 0 Å². The van der Waals surface area contributed by atoms with Crippen LogP contribution in [-0.2, 0) is 11.3 Å². The second kappa shape index (κ2) is 9.40. The van der Waals surface area contributed by atoms with Gasteiger partial charge in [-0.15, -0.1) is 6.58 Å². The van der Waals surface area contributed by atoms with Crippen LogP contribution in [0.2, 0.25) is 0 Å². The van der Waals surface area contributed by atoms with Gasteiger partial charge in [-0.1, -0.05) is 66.7 Å². The highest BCUT2D eigenvalue weighted by atomic mass is 19.1. The third-order valence-electron chi connectivity index (χ3n) is 6.37. The van der Waals surface area contributed by atoms with E-state index in [1.54, 1.807) is 13.2 Å². The monoisotopic (exact) mass is 400 g/mol. The molecule has 4 rings (SSSR count). The fourth-order valence-corrected chi connectivity index (χ4v) is 4.51. The Balaban J connectivity index is 1.49. The Hall–Kier alpha value is -2.71. The van der Waals surface area contributed by atoms with Crippen LogP contribution < -0.4 is 0 Å². The zero-order valence-corrected chi connectivity index (χ0v) is 17.6. The normalized spacial score (nSPS) is 18.9. The first kappa shape index (κ1) is 20.6. The molecule has 0 N–H and O–H groups in total. The van der Waals surface area contributed by atoms with E-state index in [0.717, 1.165) is 22.3 Å². The van der Waals surface area contributed by atoms with E-state index in [9.17, 15) is 4.39 Å². The van der Waals surface area contributed by atoms with Gasteiger partial charge >= 0.3 is 0 Å². The third kappa shape index (κ3) is 4.55. The van der Waals surface area contributed by atoms with Crippen LogP contribution in [-0.4, -0.2) is 7.11 Å². The number of allylic oxidation sites excluding steroid dienone is 1.